The van der Waals surface area contributed by atoms with E-state index in [1.165, 1.54) is 11.8 Å². The number of nitrogens with one attached hydrogen (secondary N) is 1. The lowest BCUT2D eigenvalue weighted by atomic mass is 10.3. The Hall–Kier alpha value is -1.22. The first-order valence-corrected chi connectivity index (χ1v) is 5.74. The Morgan fingerprint density at radius 1 is 1.60 bits per heavy atom. The SMILES string of the molecule is CC(C#N)CSc1n[nH]c(=O)n1C(C)C. The molecule has 0 bridgehead atoms. The maximum Gasteiger partial charge on any atom is 0.344 e. The minimum atomic E-state index is -0.197. The zero-order valence-corrected chi connectivity index (χ0v) is 9.84. The van der Waals surface area contributed by atoms with E-state index in [1.54, 1.807) is 4.57 Å². The zero-order chi connectivity index (χ0) is 11.4. The minimum Gasteiger partial charge on any atom is -0.268 e. The van der Waals surface area contributed by atoms with Gasteiger partial charge in [-0.25, -0.2) is 9.89 Å². The van der Waals surface area contributed by atoms with Gasteiger partial charge in [-0.05, 0) is 20.8 Å². The first-order chi connectivity index (χ1) is 7.06. The lowest BCUT2D eigenvalue weighted by molar-refractivity contribution is 0.533. The highest BCUT2D eigenvalue weighted by atomic mass is 32.2. The van der Waals surface area contributed by atoms with E-state index in [0.717, 1.165) is 0 Å². The van der Waals surface area contributed by atoms with Crippen molar-refractivity contribution < 1.29 is 0 Å². The van der Waals surface area contributed by atoms with Crippen LogP contribution in [0.5, 0.6) is 0 Å². The van der Waals surface area contributed by atoms with Gasteiger partial charge in [-0.15, -0.1) is 5.10 Å². The quantitative estimate of drug-likeness (QED) is 0.787. The summed E-state index contributed by atoms with van der Waals surface area (Å²) < 4.78 is 1.59. The fourth-order valence-electron chi connectivity index (χ4n) is 1.08. The van der Waals surface area contributed by atoms with E-state index >= 15 is 0 Å². The van der Waals surface area contributed by atoms with E-state index in [0.29, 0.717) is 10.9 Å². The largest absolute Gasteiger partial charge is 0.344 e. The van der Waals surface area contributed by atoms with Crippen LogP contribution in [-0.2, 0) is 0 Å². The molecule has 0 spiro atoms. The molecule has 5 nitrogen and oxygen atoms in total. The van der Waals surface area contributed by atoms with Crippen molar-refractivity contribution in [3.8, 4) is 6.07 Å². The molecule has 1 rings (SSSR count). The summed E-state index contributed by atoms with van der Waals surface area (Å²) in [6, 6.07) is 2.22. The van der Waals surface area contributed by atoms with Crippen molar-refractivity contribution in [2.75, 3.05) is 5.75 Å². The number of hydrogen-bond acceptors (Lipinski definition) is 4. The Morgan fingerprint density at radius 3 is 2.80 bits per heavy atom. The lowest BCUT2D eigenvalue weighted by Gasteiger charge is -2.08. The van der Waals surface area contributed by atoms with Crippen LogP contribution < -0.4 is 5.69 Å². The molecule has 1 atom stereocenters. The second-order valence-electron chi connectivity index (χ2n) is 3.62. The van der Waals surface area contributed by atoms with Gasteiger partial charge < -0.3 is 0 Å². The number of thioether (sulfide) groups is 1. The summed E-state index contributed by atoms with van der Waals surface area (Å²) in [5, 5.41) is 15.6. The second-order valence-corrected chi connectivity index (χ2v) is 4.60. The molecule has 0 aromatic carbocycles. The third-order valence-electron chi connectivity index (χ3n) is 1.87. The van der Waals surface area contributed by atoms with Gasteiger partial charge in [0.05, 0.1) is 12.0 Å². The van der Waals surface area contributed by atoms with Crippen LogP contribution in [0.25, 0.3) is 0 Å². The van der Waals surface area contributed by atoms with Gasteiger partial charge in [0, 0.05) is 11.8 Å². The number of nitriles is 1. The Kier molecular flexibility index (Phi) is 3.97. The molecule has 1 heterocycles. The van der Waals surface area contributed by atoms with Crippen LogP contribution in [0.4, 0.5) is 0 Å². The second kappa shape index (κ2) is 5.03. The average molecular weight is 226 g/mol. The summed E-state index contributed by atoms with van der Waals surface area (Å²) in [4.78, 5) is 11.4. The molecular weight excluding hydrogens is 212 g/mol. The van der Waals surface area contributed by atoms with Gasteiger partial charge in [-0.3, -0.25) is 4.57 Å². The number of hydrogen-bond donors (Lipinski definition) is 1. The third-order valence-corrected chi connectivity index (χ3v) is 3.08. The fourth-order valence-corrected chi connectivity index (χ4v) is 2.10. The summed E-state index contributed by atoms with van der Waals surface area (Å²) in [6.07, 6.45) is 0. The van der Waals surface area contributed by atoms with Gasteiger partial charge in [0.25, 0.3) is 0 Å². The summed E-state index contributed by atoms with van der Waals surface area (Å²) in [7, 11) is 0. The van der Waals surface area contributed by atoms with Gasteiger partial charge in [0.2, 0.25) is 0 Å². The van der Waals surface area contributed by atoms with Gasteiger partial charge in [-0.2, -0.15) is 5.26 Å². The molecule has 82 valence electrons. The normalized spacial score (nSPS) is 12.7. The molecule has 1 unspecified atom stereocenters. The Bertz CT molecular complexity index is 414. The summed E-state index contributed by atoms with van der Waals surface area (Å²) >= 11 is 1.43. The predicted octanol–water partition coefficient (Wildman–Crippen LogP) is 1.40. The molecule has 0 radical (unpaired) electrons. The number of aromatic nitrogens is 3. The molecule has 6 heteroatoms. The average Bonchev–Trinajstić information content (AvgIpc) is 2.56. The molecule has 1 N–H and O–H groups in total. The number of aromatic amines is 1. The molecule has 1 aromatic heterocycles. The van der Waals surface area contributed by atoms with Crippen molar-refractivity contribution in [1.29, 1.82) is 5.26 Å². The molecular formula is C9H14N4OS. The lowest BCUT2D eigenvalue weighted by Crippen LogP contribution is -2.19. The highest BCUT2D eigenvalue weighted by molar-refractivity contribution is 7.99. The zero-order valence-electron chi connectivity index (χ0n) is 9.02. The third kappa shape index (κ3) is 2.86. The van der Waals surface area contributed by atoms with E-state index in [1.807, 2.05) is 20.8 Å². The summed E-state index contributed by atoms with van der Waals surface area (Å²) in [5.41, 5.74) is -0.197. The van der Waals surface area contributed by atoms with Crippen molar-refractivity contribution in [2.24, 2.45) is 5.92 Å². The number of rotatable bonds is 4. The Balaban J connectivity index is 2.78. The summed E-state index contributed by atoms with van der Waals surface area (Å²) in [5.74, 6) is 0.607. The van der Waals surface area contributed by atoms with Gasteiger partial charge in [0.15, 0.2) is 5.16 Å². The van der Waals surface area contributed by atoms with E-state index < -0.39 is 0 Å². The van der Waals surface area contributed by atoms with Crippen molar-refractivity contribution >= 4 is 11.8 Å². The van der Waals surface area contributed by atoms with Crippen molar-refractivity contribution in [3.63, 3.8) is 0 Å². The standard InChI is InChI=1S/C9H14N4OS/c1-6(2)13-8(14)11-12-9(13)15-5-7(3)4-10/h6-7H,5H2,1-3H3,(H,11,14). The van der Waals surface area contributed by atoms with Crippen molar-refractivity contribution in [2.45, 2.75) is 32.0 Å². The van der Waals surface area contributed by atoms with Gasteiger partial charge in [-0.1, -0.05) is 11.8 Å². The monoisotopic (exact) mass is 226 g/mol. The maximum atomic E-state index is 11.4. The highest BCUT2D eigenvalue weighted by Crippen LogP contribution is 2.19. The topological polar surface area (TPSA) is 74.5 Å². The van der Waals surface area contributed by atoms with Crippen molar-refractivity contribution in [1.82, 2.24) is 14.8 Å². The highest BCUT2D eigenvalue weighted by Gasteiger charge is 2.12. The molecule has 1 aromatic rings. The smallest absolute Gasteiger partial charge is 0.268 e. The van der Waals surface area contributed by atoms with Crippen molar-refractivity contribution in [3.05, 3.63) is 10.5 Å². The minimum absolute atomic E-state index is 0.0394. The van der Waals surface area contributed by atoms with Gasteiger partial charge >= 0.3 is 5.69 Å². The van der Waals surface area contributed by atoms with Crippen LogP contribution in [0.2, 0.25) is 0 Å². The fraction of sp³-hybridized carbons (Fsp3) is 0.667. The molecule has 15 heavy (non-hydrogen) atoms. The Morgan fingerprint density at radius 2 is 2.27 bits per heavy atom. The van der Waals surface area contributed by atoms with E-state index in [9.17, 15) is 4.79 Å². The van der Waals surface area contributed by atoms with Crippen LogP contribution >= 0.6 is 11.8 Å². The first kappa shape index (κ1) is 11.9. The Labute approximate surface area is 92.5 Å². The van der Waals surface area contributed by atoms with Crippen LogP contribution in [0.3, 0.4) is 0 Å². The molecule has 0 aliphatic rings. The number of H-pyrrole nitrogens is 1. The molecule has 0 aliphatic carbocycles. The molecule has 0 aliphatic heterocycles. The maximum absolute atomic E-state index is 11.4. The van der Waals surface area contributed by atoms with Crippen LogP contribution in [-0.4, -0.2) is 20.5 Å². The van der Waals surface area contributed by atoms with E-state index in [2.05, 4.69) is 16.3 Å². The molecule has 0 saturated heterocycles. The van der Waals surface area contributed by atoms with Crippen LogP contribution in [0.15, 0.2) is 9.95 Å². The summed E-state index contributed by atoms with van der Waals surface area (Å²) in [6.45, 7) is 5.70. The van der Waals surface area contributed by atoms with Crippen LogP contribution in [0.1, 0.15) is 26.8 Å². The molecule has 0 fully saturated rings. The number of nitrogens with zero attached hydrogens (tertiary/aromatic N) is 3. The predicted molar refractivity (Wildman–Crippen MR) is 58.7 cm³/mol. The van der Waals surface area contributed by atoms with Gasteiger partial charge in [0.1, 0.15) is 0 Å². The molecule has 0 saturated carbocycles. The van der Waals surface area contributed by atoms with E-state index in [-0.39, 0.29) is 17.6 Å². The first-order valence-electron chi connectivity index (χ1n) is 4.75. The van der Waals surface area contributed by atoms with E-state index in [4.69, 9.17) is 5.26 Å². The van der Waals surface area contributed by atoms with Crippen LogP contribution in [0, 0.1) is 17.2 Å². The molecule has 0 amide bonds.